The maximum Gasteiger partial charge on any atom is 0.222 e. The van der Waals surface area contributed by atoms with E-state index in [1.165, 1.54) is 0 Å². The summed E-state index contributed by atoms with van der Waals surface area (Å²) in [5, 5.41) is 0. The summed E-state index contributed by atoms with van der Waals surface area (Å²) in [5.41, 5.74) is 5.38. The maximum atomic E-state index is 11.4. The summed E-state index contributed by atoms with van der Waals surface area (Å²) in [6.07, 6.45) is 1.41. The Kier molecular flexibility index (Phi) is 7.63. The Labute approximate surface area is 80.0 Å². The van der Waals surface area contributed by atoms with Gasteiger partial charge >= 0.3 is 0 Å². The zero-order chi connectivity index (χ0) is 10.1. The Bertz CT molecular complexity index is 132. The van der Waals surface area contributed by atoms with Gasteiger partial charge in [-0.15, -0.1) is 0 Å². The molecule has 13 heavy (non-hydrogen) atoms. The van der Waals surface area contributed by atoms with Gasteiger partial charge in [-0.05, 0) is 13.0 Å². The molecule has 0 aliphatic rings. The van der Waals surface area contributed by atoms with Crippen molar-refractivity contribution >= 4 is 5.91 Å². The minimum atomic E-state index is 0.172. The molecule has 0 bridgehead atoms. The van der Waals surface area contributed by atoms with Gasteiger partial charge in [0.1, 0.15) is 0 Å². The zero-order valence-electron chi connectivity index (χ0n) is 8.58. The second kappa shape index (κ2) is 8.01. The molecule has 0 saturated heterocycles. The molecule has 0 rings (SSSR count). The number of hydrogen-bond acceptors (Lipinski definition) is 3. The number of nitrogens with zero attached hydrogens (tertiary/aromatic N) is 1. The van der Waals surface area contributed by atoms with Crippen LogP contribution in [0.5, 0.6) is 0 Å². The monoisotopic (exact) mass is 188 g/mol. The zero-order valence-corrected chi connectivity index (χ0v) is 8.58. The average Bonchev–Trinajstić information content (AvgIpc) is 2.17. The second-order valence-corrected chi connectivity index (χ2v) is 2.87. The molecule has 0 aliphatic carbocycles. The summed E-state index contributed by atoms with van der Waals surface area (Å²) in [4.78, 5) is 13.2. The van der Waals surface area contributed by atoms with Gasteiger partial charge in [-0.3, -0.25) is 4.79 Å². The molecular formula is C9H20N2O2. The number of methoxy groups -OCH3 is 1. The molecule has 4 nitrogen and oxygen atoms in total. The molecule has 0 aliphatic heterocycles. The first-order valence-corrected chi connectivity index (χ1v) is 4.73. The van der Waals surface area contributed by atoms with E-state index in [1.807, 2.05) is 6.92 Å². The van der Waals surface area contributed by atoms with Crippen molar-refractivity contribution in [3.05, 3.63) is 0 Å². The van der Waals surface area contributed by atoms with E-state index < -0.39 is 0 Å². The van der Waals surface area contributed by atoms with E-state index in [0.29, 0.717) is 26.1 Å². The van der Waals surface area contributed by atoms with Gasteiger partial charge in [0.25, 0.3) is 0 Å². The minimum absolute atomic E-state index is 0.172. The first-order chi connectivity index (χ1) is 6.26. The Balaban J connectivity index is 3.79. The van der Waals surface area contributed by atoms with Crippen LogP contribution in [0.4, 0.5) is 0 Å². The van der Waals surface area contributed by atoms with Crippen LogP contribution in [0.3, 0.4) is 0 Å². The molecule has 4 heteroatoms. The van der Waals surface area contributed by atoms with Crippen LogP contribution < -0.4 is 5.73 Å². The summed E-state index contributed by atoms with van der Waals surface area (Å²) in [5.74, 6) is 0.172. The first kappa shape index (κ1) is 12.4. The lowest BCUT2D eigenvalue weighted by molar-refractivity contribution is -0.131. The fourth-order valence-corrected chi connectivity index (χ4v) is 1.07. The predicted molar refractivity (Wildman–Crippen MR) is 52.4 cm³/mol. The summed E-state index contributed by atoms with van der Waals surface area (Å²) in [7, 11) is 1.64. The SMILES string of the molecule is CCC(=O)N(CCCN)CCOC. The van der Waals surface area contributed by atoms with Crippen molar-refractivity contribution in [3.63, 3.8) is 0 Å². The third-order valence-electron chi connectivity index (χ3n) is 1.85. The second-order valence-electron chi connectivity index (χ2n) is 2.87. The lowest BCUT2D eigenvalue weighted by Crippen LogP contribution is -2.35. The van der Waals surface area contributed by atoms with E-state index in [4.69, 9.17) is 10.5 Å². The molecule has 0 spiro atoms. The van der Waals surface area contributed by atoms with Gasteiger partial charge in [0.15, 0.2) is 0 Å². The normalized spacial score (nSPS) is 10.1. The van der Waals surface area contributed by atoms with Gasteiger partial charge in [0.05, 0.1) is 6.61 Å². The van der Waals surface area contributed by atoms with E-state index in [2.05, 4.69) is 0 Å². The lowest BCUT2D eigenvalue weighted by atomic mass is 10.3. The van der Waals surface area contributed by atoms with Gasteiger partial charge in [0.2, 0.25) is 5.91 Å². The van der Waals surface area contributed by atoms with Crippen LogP contribution in [0.1, 0.15) is 19.8 Å². The summed E-state index contributed by atoms with van der Waals surface area (Å²) in [6, 6.07) is 0. The Morgan fingerprint density at radius 2 is 2.15 bits per heavy atom. The molecule has 0 aromatic rings. The molecule has 0 atom stereocenters. The smallest absolute Gasteiger partial charge is 0.222 e. The number of rotatable bonds is 7. The first-order valence-electron chi connectivity index (χ1n) is 4.73. The third kappa shape index (κ3) is 5.60. The molecule has 0 radical (unpaired) electrons. The highest BCUT2D eigenvalue weighted by Gasteiger charge is 2.09. The van der Waals surface area contributed by atoms with Crippen LogP contribution >= 0.6 is 0 Å². The van der Waals surface area contributed by atoms with Gasteiger partial charge in [0, 0.05) is 26.6 Å². The Morgan fingerprint density at radius 1 is 1.46 bits per heavy atom. The molecule has 78 valence electrons. The standard InChI is InChI=1S/C9H20N2O2/c1-3-9(12)11(6-4-5-10)7-8-13-2/h3-8,10H2,1-2H3. The van der Waals surface area contributed by atoms with Crippen molar-refractivity contribution < 1.29 is 9.53 Å². The molecule has 0 aromatic carbocycles. The molecule has 0 saturated carbocycles. The van der Waals surface area contributed by atoms with Gasteiger partial charge < -0.3 is 15.4 Å². The fraction of sp³-hybridized carbons (Fsp3) is 0.889. The topological polar surface area (TPSA) is 55.6 Å². The molecule has 0 heterocycles. The number of ether oxygens (including phenoxy) is 1. The average molecular weight is 188 g/mol. The van der Waals surface area contributed by atoms with E-state index in [-0.39, 0.29) is 5.91 Å². The van der Waals surface area contributed by atoms with E-state index in [0.717, 1.165) is 13.0 Å². The van der Waals surface area contributed by atoms with Crippen LogP contribution in [0.25, 0.3) is 0 Å². The summed E-state index contributed by atoms with van der Waals surface area (Å²) in [6.45, 7) is 4.50. The van der Waals surface area contributed by atoms with Crippen molar-refractivity contribution in [2.75, 3.05) is 33.4 Å². The van der Waals surface area contributed by atoms with Crippen LogP contribution in [0, 0.1) is 0 Å². The number of carbonyl (C=O) groups excluding carboxylic acids is 1. The quantitative estimate of drug-likeness (QED) is 0.622. The van der Waals surface area contributed by atoms with Crippen LogP contribution in [-0.4, -0.2) is 44.2 Å². The van der Waals surface area contributed by atoms with E-state index in [1.54, 1.807) is 12.0 Å². The summed E-state index contributed by atoms with van der Waals surface area (Å²) < 4.78 is 4.92. The van der Waals surface area contributed by atoms with Crippen LogP contribution in [0.2, 0.25) is 0 Å². The van der Waals surface area contributed by atoms with E-state index in [9.17, 15) is 4.79 Å². The minimum Gasteiger partial charge on any atom is -0.383 e. The van der Waals surface area contributed by atoms with Gasteiger partial charge in [-0.2, -0.15) is 0 Å². The third-order valence-corrected chi connectivity index (χ3v) is 1.85. The number of amides is 1. The highest BCUT2D eigenvalue weighted by Crippen LogP contribution is 1.95. The largest absolute Gasteiger partial charge is 0.383 e. The van der Waals surface area contributed by atoms with Gasteiger partial charge in [-0.25, -0.2) is 0 Å². The van der Waals surface area contributed by atoms with Crippen LogP contribution in [-0.2, 0) is 9.53 Å². The maximum absolute atomic E-state index is 11.4. The fourth-order valence-electron chi connectivity index (χ4n) is 1.07. The van der Waals surface area contributed by atoms with Crippen molar-refractivity contribution in [1.82, 2.24) is 4.90 Å². The van der Waals surface area contributed by atoms with Crippen molar-refractivity contribution in [2.24, 2.45) is 5.73 Å². The molecule has 0 aromatic heterocycles. The van der Waals surface area contributed by atoms with Crippen molar-refractivity contribution in [2.45, 2.75) is 19.8 Å². The summed E-state index contributed by atoms with van der Waals surface area (Å²) >= 11 is 0. The molecule has 2 N–H and O–H groups in total. The number of hydrogen-bond donors (Lipinski definition) is 1. The Morgan fingerprint density at radius 3 is 2.62 bits per heavy atom. The number of nitrogens with two attached hydrogens (primary N) is 1. The molecule has 1 amide bonds. The predicted octanol–water partition coefficient (Wildman–Crippen LogP) is 0.220. The van der Waals surface area contributed by atoms with Crippen molar-refractivity contribution in [3.8, 4) is 0 Å². The number of carbonyl (C=O) groups is 1. The van der Waals surface area contributed by atoms with E-state index >= 15 is 0 Å². The molecule has 0 fully saturated rings. The van der Waals surface area contributed by atoms with Crippen molar-refractivity contribution in [1.29, 1.82) is 0 Å². The van der Waals surface area contributed by atoms with Gasteiger partial charge in [-0.1, -0.05) is 6.92 Å². The molecule has 0 unspecified atom stereocenters. The highest BCUT2D eigenvalue weighted by molar-refractivity contribution is 5.75. The highest BCUT2D eigenvalue weighted by atomic mass is 16.5. The lowest BCUT2D eigenvalue weighted by Gasteiger charge is -2.21. The Hall–Kier alpha value is -0.610. The van der Waals surface area contributed by atoms with Crippen LogP contribution in [0.15, 0.2) is 0 Å². The molecular weight excluding hydrogens is 168 g/mol.